The number of hydrogen-bond donors (Lipinski definition) is 1. The molecular formula is C23H25ClFN3O. The lowest BCUT2D eigenvalue weighted by Gasteiger charge is -2.21. The number of rotatable bonds is 4. The van der Waals surface area contributed by atoms with Gasteiger partial charge in [-0.1, -0.05) is 17.7 Å². The van der Waals surface area contributed by atoms with E-state index in [1.165, 1.54) is 12.1 Å². The van der Waals surface area contributed by atoms with Gasteiger partial charge in [0.15, 0.2) is 0 Å². The molecule has 0 bridgehead atoms. The molecule has 0 aliphatic rings. The molecule has 6 heteroatoms. The van der Waals surface area contributed by atoms with Crippen LogP contribution in [-0.4, -0.2) is 21.2 Å². The molecule has 0 radical (unpaired) electrons. The third kappa shape index (κ3) is 4.85. The van der Waals surface area contributed by atoms with Crippen LogP contribution in [0.4, 0.5) is 4.39 Å². The second-order valence-corrected chi connectivity index (χ2v) is 8.79. The van der Waals surface area contributed by atoms with E-state index >= 15 is 0 Å². The highest BCUT2D eigenvalue weighted by atomic mass is 35.5. The fourth-order valence-corrected chi connectivity index (χ4v) is 3.23. The topological polar surface area (TPSA) is 46.9 Å². The van der Waals surface area contributed by atoms with Crippen LogP contribution in [-0.2, 0) is 0 Å². The fourth-order valence-electron chi connectivity index (χ4n) is 3.12. The van der Waals surface area contributed by atoms with Gasteiger partial charge in [-0.2, -0.15) is 5.10 Å². The highest BCUT2D eigenvalue weighted by Crippen LogP contribution is 2.31. The lowest BCUT2D eigenvalue weighted by atomic mass is 9.97. The van der Waals surface area contributed by atoms with Gasteiger partial charge in [0.1, 0.15) is 5.82 Å². The van der Waals surface area contributed by atoms with Crippen LogP contribution in [0.1, 0.15) is 51.0 Å². The molecule has 1 heterocycles. The number of nitrogens with one attached hydrogen (secondary N) is 1. The van der Waals surface area contributed by atoms with E-state index in [0.717, 1.165) is 16.8 Å². The smallest absolute Gasteiger partial charge is 0.251 e. The average molecular weight is 414 g/mol. The van der Waals surface area contributed by atoms with Gasteiger partial charge < -0.3 is 5.32 Å². The summed E-state index contributed by atoms with van der Waals surface area (Å²) in [6.45, 7) is 9.87. The Hall–Kier alpha value is -2.66. The predicted octanol–water partition coefficient (Wildman–Crippen LogP) is 6.12. The highest BCUT2D eigenvalue weighted by Gasteiger charge is 2.19. The van der Waals surface area contributed by atoms with E-state index in [4.69, 9.17) is 11.6 Å². The molecule has 2 aromatic carbocycles. The summed E-state index contributed by atoms with van der Waals surface area (Å²) in [6.07, 6.45) is 1.73. The molecule has 0 fully saturated rings. The molecule has 0 spiro atoms. The molecule has 0 saturated heterocycles. The Morgan fingerprint density at radius 2 is 1.76 bits per heavy atom. The average Bonchev–Trinajstić information content (AvgIpc) is 3.12. The van der Waals surface area contributed by atoms with Gasteiger partial charge in [-0.15, -0.1) is 0 Å². The first-order valence-electron chi connectivity index (χ1n) is 9.52. The Labute approximate surface area is 175 Å². The summed E-state index contributed by atoms with van der Waals surface area (Å²) >= 11 is 5.84. The fraction of sp³-hybridized carbons (Fsp3) is 0.304. The van der Waals surface area contributed by atoms with Gasteiger partial charge in [0.25, 0.3) is 5.91 Å². The normalized spacial score (nSPS) is 11.7. The van der Waals surface area contributed by atoms with Crippen LogP contribution in [0.15, 0.2) is 48.7 Å². The molecule has 0 saturated carbocycles. The van der Waals surface area contributed by atoms with Crippen molar-refractivity contribution < 1.29 is 9.18 Å². The molecule has 0 aliphatic heterocycles. The minimum atomic E-state index is -0.498. The summed E-state index contributed by atoms with van der Waals surface area (Å²) in [6, 6.07) is 12.3. The maximum absolute atomic E-state index is 14.1. The Morgan fingerprint density at radius 1 is 1.07 bits per heavy atom. The third-order valence-electron chi connectivity index (χ3n) is 4.39. The first-order valence-corrected chi connectivity index (χ1v) is 9.90. The second-order valence-electron chi connectivity index (χ2n) is 8.39. The minimum absolute atomic E-state index is 0.0634. The molecule has 1 amide bonds. The molecule has 0 atom stereocenters. The lowest BCUT2D eigenvalue weighted by molar-refractivity contribution is 0.0919. The standard InChI is InChI=1S/C23H25ClFN3O/c1-14(2)28-21(8-9-26-28)17-10-16(15-6-7-19(24)20(25)13-15)11-18(12-17)22(29)27-23(3,4)5/h6-14H,1-5H3,(H,27,29). The quantitative estimate of drug-likeness (QED) is 0.560. The molecule has 4 nitrogen and oxygen atoms in total. The van der Waals surface area contributed by atoms with E-state index in [1.54, 1.807) is 18.3 Å². The summed E-state index contributed by atoms with van der Waals surface area (Å²) < 4.78 is 16.0. The minimum Gasteiger partial charge on any atom is -0.347 e. The Kier molecular flexibility index (Phi) is 5.80. The number of amides is 1. The Morgan fingerprint density at radius 3 is 2.38 bits per heavy atom. The van der Waals surface area contributed by atoms with Crippen molar-refractivity contribution in [1.82, 2.24) is 15.1 Å². The molecule has 29 heavy (non-hydrogen) atoms. The van der Waals surface area contributed by atoms with Gasteiger partial charge in [0, 0.05) is 28.9 Å². The molecular weight excluding hydrogens is 389 g/mol. The first-order chi connectivity index (χ1) is 13.5. The van der Waals surface area contributed by atoms with Gasteiger partial charge in [-0.05, 0) is 82.1 Å². The third-order valence-corrected chi connectivity index (χ3v) is 4.70. The van der Waals surface area contributed by atoms with Crippen LogP contribution >= 0.6 is 11.6 Å². The Bertz CT molecular complexity index is 1050. The van der Waals surface area contributed by atoms with Crippen LogP contribution in [0.2, 0.25) is 5.02 Å². The number of benzene rings is 2. The number of halogens is 2. The first kappa shape index (κ1) is 21.1. The van der Waals surface area contributed by atoms with Gasteiger partial charge in [-0.25, -0.2) is 4.39 Å². The van der Waals surface area contributed by atoms with Crippen molar-refractivity contribution in [3.05, 3.63) is 65.1 Å². The molecule has 3 aromatic rings. The van der Waals surface area contributed by atoms with Crippen LogP contribution in [0, 0.1) is 5.82 Å². The van der Waals surface area contributed by atoms with Gasteiger partial charge in [-0.3, -0.25) is 9.48 Å². The SMILES string of the molecule is CC(C)n1nccc1-c1cc(C(=O)NC(C)(C)C)cc(-c2ccc(Cl)c(F)c2)c1. The van der Waals surface area contributed by atoms with Crippen molar-refractivity contribution in [2.24, 2.45) is 0 Å². The van der Waals surface area contributed by atoms with E-state index in [-0.39, 0.29) is 22.5 Å². The van der Waals surface area contributed by atoms with E-state index in [0.29, 0.717) is 11.1 Å². The van der Waals surface area contributed by atoms with Crippen LogP contribution in [0.25, 0.3) is 22.4 Å². The summed E-state index contributed by atoms with van der Waals surface area (Å²) in [5.74, 6) is -0.687. The molecule has 1 N–H and O–H groups in total. The van der Waals surface area contributed by atoms with E-state index in [1.807, 2.05) is 57.5 Å². The van der Waals surface area contributed by atoms with Gasteiger partial charge in [0.05, 0.1) is 10.7 Å². The molecule has 1 aromatic heterocycles. The predicted molar refractivity (Wildman–Crippen MR) is 116 cm³/mol. The molecule has 152 valence electrons. The van der Waals surface area contributed by atoms with Crippen molar-refractivity contribution in [3.63, 3.8) is 0 Å². The number of nitrogens with zero attached hydrogens (tertiary/aromatic N) is 2. The van der Waals surface area contributed by atoms with Gasteiger partial charge >= 0.3 is 0 Å². The van der Waals surface area contributed by atoms with Gasteiger partial charge in [0.2, 0.25) is 0 Å². The maximum Gasteiger partial charge on any atom is 0.251 e. The van der Waals surface area contributed by atoms with Crippen molar-refractivity contribution >= 4 is 17.5 Å². The zero-order chi connectivity index (χ0) is 21.3. The summed E-state index contributed by atoms with van der Waals surface area (Å²) in [5.41, 5.74) is 3.23. The number of hydrogen-bond acceptors (Lipinski definition) is 2. The van der Waals surface area contributed by atoms with Crippen LogP contribution in [0.5, 0.6) is 0 Å². The van der Waals surface area contributed by atoms with E-state index in [9.17, 15) is 9.18 Å². The monoisotopic (exact) mass is 413 g/mol. The Balaban J connectivity index is 2.17. The van der Waals surface area contributed by atoms with Crippen LogP contribution in [0.3, 0.4) is 0 Å². The van der Waals surface area contributed by atoms with E-state index < -0.39 is 5.82 Å². The second kappa shape index (κ2) is 7.99. The lowest BCUT2D eigenvalue weighted by Crippen LogP contribution is -2.40. The van der Waals surface area contributed by atoms with Crippen molar-refractivity contribution in [1.29, 1.82) is 0 Å². The molecule has 0 aliphatic carbocycles. The number of carbonyl (C=O) groups excluding carboxylic acids is 1. The van der Waals surface area contributed by atoms with Crippen LogP contribution < -0.4 is 5.32 Å². The largest absolute Gasteiger partial charge is 0.347 e. The zero-order valence-corrected chi connectivity index (χ0v) is 18.0. The maximum atomic E-state index is 14.1. The zero-order valence-electron chi connectivity index (χ0n) is 17.3. The summed E-state index contributed by atoms with van der Waals surface area (Å²) in [4.78, 5) is 12.9. The number of aromatic nitrogens is 2. The summed E-state index contributed by atoms with van der Waals surface area (Å²) in [7, 11) is 0. The van der Waals surface area contributed by atoms with E-state index in [2.05, 4.69) is 10.4 Å². The molecule has 0 unspecified atom stereocenters. The molecule has 3 rings (SSSR count). The highest BCUT2D eigenvalue weighted by molar-refractivity contribution is 6.30. The van der Waals surface area contributed by atoms with Crippen molar-refractivity contribution in [2.45, 2.75) is 46.2 Å². The number of carbonyl (C=O) groups is 1. The summed E-state index contributed by atoms with van der Waals surface area (Å²) in [5, 5.41) is 7.44. The van der Waals surface area contributed by atoms with Crippen molar-refractivity contribution in [2.75, 3.05) is 0 Å². The van der Waals surface area contributed by atoms with Crippen molar-refractivity contribution in [3.8, 4) is 22.4 Å².